The van der Waals surface area contributed by atoms with Gasteiger partial charge in [0.2, 0.25) is 0 Å². The molecule has 0 unspecified atom stereocenters. The van der Waals surface area contributed by atoms with E-state index in [1.165, 1.54) is 4.90 Å². The monoisotopic (exact) mass is 331 g/mol. The van der Waals surface area contributed by atoms with Crippen LogP contribution < -0.4 is 0 Å². The fraction of sp³-hybridized carbons (Fsp3) is 0.800. The maximum Gasteiger partial charge on any atom is 0.410 e. The van der Waals surface area contributed by atoms with Gasteiger partial charge in [-0.2, -0.15) is 0 Å². The predicted octanol–water partition coefficient (Wildman–Crippen LogP) is 1.46. The van der Waals surface area contributed by atoms with Crippen LogP contribution in [-0.2, 0) is 14.3 Å². The molecule has 1 rings (SSSR count). The van der Waals surface area contributed by atoms with E-state index < -0.39 is 35.7 Å². The van der Waals surface area contributed by atoms with E-state index in [-0.39, 0.29) is 12.5 Å². The van der Waals surface area contributed by atoms with E-state index in [1.807, 2.05) is 0 Å². The number of hydrogen-bond donors (Lipinski definition) is 3. The Morgan fingerprint density at radius 3 is 2.17 bits per heavy atom. The number of hydrogen-bond acceptors (Lipinski definition) is 5. The number of aliphatic carboxylic acids is 2. The van der Waals surface area contributed by atoms with Crippen LogP contribution in [0.4, 0.5) is 4.79 Å². The molecule has 0 spiro atoms. The standard InChI is InChI=1S/C15H25NO7/c1-14(2,3)23-13(21)16-9-5-4-6-10(16)7-8-15(22,11(17)18)12(19)20/h10,22H,4-9H2,1-3H3,(H,17,18)(H,19,20)/t10-/m0/s1. The molecule has 8 heteroatoms. The molecule has 0 aromatic carbocycles. The van der Waals surface area contributed by atoms with E-state index in [0.29, 0.717) is 13.0 Å². The van der Waals surface area contributed by atoms with E-state index in [4.69, 9.17) is 14.9 Å². The van der Waals surface area contributed by atoms with Gasteiger partial charge in [0.15, 0.2) is 0 Å². The zero-order valence-electron chi connectivity index (χ0n) is 13.7. The highest BCUT2D eigenvalue weighted by Gasteiger charge is 2.45. The average molecular weight is 331 g/mol. The van der Waals surface area contributed by atoms with Crippen molar-refractivity contribution in [2.24, 2.45) is 0 Å². The normalized spacial score (nSPS) is 19.3. The molecule has 0 aromatic rings. The second-order valence-electron chi connectivity index (χ2n) is 6.83. The molecule has 1 aliphatic heterocycles. The van der Waals surface area contributed by atoms with Crippen LogP contribution in [0, 0.1) is 0 Å². The highest BCUT2D eigenvalue weighted by atomic mass is 16.6. The van der Waals surface area contributed by atoms with Gasteiger partial charge in [-0.15, -0.1) is 0 Å². The molecule has 0 bridgehead atoms. The molecule has 0 saturated carbocycles. The summed E-state index contributed by atoms with van der Waals surface area (Å²) in [6.07, 6.45) is 1.38. The minimum absolute atomic E-state index is 0.0777. The minimum atomic E-state index is -2.84. The number of nitrogens with zero attached hydrogens (tertiary/aromatic N) is 1. The highest BCUT2D eigenvalue weighted by molar-refractivity contribution is 6.01. The number of carboxylic acids is 2. The summed E-state index contributed by atoms with van der Waals surface area (Å²) in [5.74, 6) is -3.60. The summed E-state index contributed by atoms with van der Waals surface area (Å²) in [5.41, 5.74) is -3.49. The number of rotatable bonds is 5. The van der Waals surface area contributed by atoms with Crippen LogP contribution in [0.5, 0.6) is 0 Å². The van der Waals surface area contributed by atoms with Gasteiger partial charge in [0.1, 0.15) is 5.60 Å². The fourth-order valence-electron chi connectivity index (χ4n) is 2.54. The van der Waals surface area contributed by atoms with E-state index >= 15 is 0 Å². The van der Waals surface area contributed by atoms with Crippen LogP contribution in [0.3, 0.4) is 0 Å². The van der Waals surface area contributed by atoms with Crippen molar-refractivity contribution in [1.29, 1.82) is 0 Å². The lowest BCUT2D eigenvalue weighted by molar-refractivity contribution is -0.177. The van der Waals surface area contributed by atoms with E-state index in [0.717, 1.165) is 12.8 Å². The maximum atomic E-state index is 12.2. The van der Waals surface area contributed by atoms with Gasteiger partial charge in [0.25, 0.3) is 5.60 Å². The van der Waals surface area contributed by atoms with Crippen molar-refractivity contribution in [1.82, 2.24) is 4.90 Å². The van der Waals surface area contributed by atoms with Crippen molar-refractivity contribution in [3.63, 3.8) is 0 Å². The molecule has 0 radical (unpaired) electrons. The van der Waals surface area contributed by atoms with Gasteiger partial charge in [0, 0.05) is 19.0 Å². The lowest BCUT2D eigenvalue weighted by Crippen LogP contribution is -2.50. The summed E-state index contributed by atoms with van der Waals surface area (Å²) in [6.45, 7) is 5.71. The summed E-state index contributed by atoms with van der Waals surface area (Å²) in [7, 11) is 0. The molecule has 3 N–H and O–H groups in total. The van der Waals surface area contributed by atoms with Crippen molar-refractivity contribution in [3.05, 3.63) is 0 Å². The lowest BCUT2D eigenvalue weighted by atomic mass is 9.91. The molecule has 0 aromatic heterocycles. The Balaban J connectivity index is 2.77. The Kier molecular flexibility index (Phi) is 5.98. The van der Waals surface area contributed by atoms with Gasteiger partial charge in [-0.05, 0) is 46.5 Å². The number of aliphatic hydroxyl groups is 1. The molecule has 132 valence electrons. The summed E-state index contributed by atoms with van der Waals surface area (Å²) in [5, 5.41) is 27.6. The van der Waals surface area contributed by atoms with Gasteiger partial charge in [-0.1, -0.05) is 0 Å². The third-order valence-electron chi connectivity index (χ3n) is 3.80. The molecule has 0 aliphatic carbocycles. The number of amides is 1. The summed E-state index contributed by atoms with van der Waals surface area (Å²) < 4.78 is 5.33. The molecule has 23 heavy (non-hydrogen) atoms. The van der Waals surface area contributed by atoms with Gasteiger partial charge in [0.05, 0.1) is 0 Å². The number of piperidine rings is 1. The molecular weight excluding hydrogens is 306 g/mol. The average Bonchev–Trinajstić information content (AvgIpc) is 2.42. The highest BCUT2D eigenvalue weighted by Crippen LogP contribution is 2.26. The molecular formula is C15H25NO7. The third kappa shape index (κ3) is 5.09. The summed E-state index contributed by atoms with van der Waals surface area (Å²) in [6, 6.07) is -0.344. The van der Waals surface area contributed by atoms with Crippen LogP contribution in [0.2, 0.25) is 0 Å². The van der Waals surface area contributed by atoms with Gasteiger partial charge in [-0.3, -0.25) is 0 Å². The quantitative estimate of drug-likeness (QED) is 0.651. The van der Waals surface area contributed by atoms with E-state index in [1.54, 1.807) is 20.8 Å². The Morgan fingerprint density at radius 1 is 1.13 bits per heavy atom. The molecule has 1 amide bonds. The first-order valence-corrected chi connectivity index (χ1v) is 7.66. The largest absolute Gasteiger partial charge is 0.479 e. The van der Waals surface area contributed by atoms with Crippen LogP contribution in [0.15, 0.2) is 0 Å². The Morgan fingerprint density at radius 2 is 1.70 bits per heavy atom. The number of ether oxygens (including phenoxy) is 1. The smallest absolute Gasteiger partial charge is 0.410 e. The summed E-state index contributed by atoms with van der Waals surface area (Å²) in [4.78, 5) is 35.7. The topological polar surface area (TPSA) is 124 Å². The first kappa shape index (κ1) is 19.2. The number of carbonyl (C=O) groups is 3. The van der Waals surface area contributed by atoms with Crippen LogP contribution in [-0.4, -0.2) is 62.0 Å². The van der Waals surface area contributed by atoms with E-state index in [9.17, 15) is 19.5 Å². The van der Waals surface area contributed by atoms with E-state index in [2.05, 4.69) is 0 Å². The zero-order valence-corrected chi connectivity index (χ0v) is 13.7. The van der Waals surface area contributed by atoms with Crippen molar-refractivity contribution in [3.8, 4) is 0 Å². The van der Waals surface area contributed by atoms with Crippen molar-refractivity contribution in [2.45, 2.75) is 70.1 Å². The van der Waals surface area contributed by atoms with Gasteiger partial charge < -0.3 is 25.0 Å². The fourth-order valence-corrected chi connectivity index (χ4v) is 2.54. The minimum Gasteiger partial charge on any atom is -0.479 e. The Bertz CT molecular complexity index is 455. The second kappa shape index (κ2) is 7.16. The summed E-state index contributed by atoms with van der Waals surface area (Å²) >= 11 is 0. The maximum absolute atomic E-state index is 12.2. The SMILES string of the molecule is CC(C)(C)OC(=O)N1CCCC[C@H]1CCC(O)(C(=O)O)C(=O)O. The molecule has 8 nitrogen and oxygen atoms in total. The molecule has 1 aliphatic rings. The van der Waals surface area contributed by atoms with Crippen molar-refractivity contribution in [2.75, 3.05) is 6.54 Å². The van der Waals surface area contributed by atoms with Crippen LogP contribution in [0.1, 0.15) is 52.9 Å². The second-order valence-corrected chi connectivity index (χ2v) is 6.83. The number of carboxylic acid groups (broad SMARTS) is 2. The molecule has 1 saturated heterocycles. The van der Waals surface area contributed by atoms with Crippen LogP contribution in [0.25, 0.3) is 0 Å². The molecule has 1 heterocycles. The van der Waals surface area contributed by atoms with Crippen LogP contribution >= 0.6 is 0 Å². The zero-order chi connectivity index (χ0) is 17.8. The molecule has 1 fully saturated rings. The Hall–Kier alpha value is -1.83. The predicted molar refractivity (Wildman–Crippen MR) is 80.0 cm³/mol. The first-order chi connectivity index (χ1) is 10.5. The van der Waals surface area contributed by atoms with Crippen molar-refractivity contribution < 1.29 is 34.4 Å². The lowest BCUT2D eigenvalue weighted by Gasteiger charge is -2.37. The number of likely N-dealkylation sites (tertiary alicyclic amines) is 1. The molecule has 1 atom stereocenters. The van der Waals surface area contributed by atoms with Gasteiger partial charge >= 0.3 is 18.0 Å². The first-order valence-electron chi connectivity index (χ1n) is 7.66. The van der Waals surface area contributed by atoms with Gasteiger partial charge in [-0.25, -0.2) is 14.4 Å². The third-order valence-corrected chi connectivity index (χ3v) is 3.80. The Labute approximate surface area is 135 Å². The van der Waals surface area contributed by atoms with Crippen molar-refractivity contribution >= 4 is 18.0 Å². The number of carbonyl (C=O) groups excluding carboxylic acids is 1.